The molecule has 2 aromatic rings. The van der Waals surface area contributed by atoms with Crippen molar-refractivity contribution >= 4 is 28.1 Å². The predicted molar refractivity (Wildman–Crippen MR) is 66.1 cm³/mol. The molecule has 86 valence electrons. The number of para-hydroxylation sites is 1. The lowest BCUT2D eigenvalue weighted by Crippen LogP contribution is -2.32. The number of fused-ring (bicyclic) bond motifs is 1. The van der Waals surface area contributed by atoms with E-state index in [1.54, 1.807) is 6.20 Å². The summed E-state index contributed by atoms with van der Waals surface area (Å²) in [7, 11) is 0. The van der Waals surface area contributed by atoms with Crippen LogP contribution in [0.5, 0.6) is 0 Å². The van der Waals surface area contributed by atoms with E-state index >= 15 is 0 Å². The van der Waals surface area contributed by atoms with Gasteiger partial charge >= 0.3 is 0 Å². The molecule has 17 heavy (non-hydrogen) atoms. The first-order valence-electron chi connectivity index (χ1n) is 5.25. The second-order valence-corrected chi connectivity index (χ2v) is 4.61. The lowest BCUT2D eigenvalue weighted by Gasteiger charge is -2.09. The standard InChI is InChI=1S/C11H10N4OS/c16-11(14-10-6-12-15-17-10)9-5-7-3-1-2-4-8(7)13-9/h1-4,6,9,13H,5H2,(H,14,16). The van der Waals surface area contributed by atoms with Gasteiger partial charge in [-0.3, -0.25) is 4.79 Å². The molecule has 0 radical (unpaired) electrons. The van der Waals surface area contributed by atoms with Gasteiger partial charge in [0.15, 0.2) is 0 Å². The Labute approximate surface area is 102 Å². The van der Waals surface area contributed by atoms with Gasteiger partial charge in [0.05, 0.1) is 6.20 Å². The van der Waals surface area contributed by atoms with Gasteiger partial charge in [-0.25, -0.2) is 0 Å². The van der Waals surface area contributed by atoms with Gasteiger partial charge in [-0.1, -0.05) is 22.7 Å². The lowest BCUT2D eigenvalue weighted by molar-refractivity contribution is -0.116. The number of benzene rings is 1. The maximum atomic E-state index is 12.0. The number of rotatable bonds is 2. The predicted octanol–water partition coefficient (Wildman–Crippen LogP) is 1.51. The highest BCUT2D eigenvalue weighted by atomic mass is 32.1. The van der Waals surface area contributed by atoms with Crippen LogP contribution in [0.3, 0.4) is 0 Å². The number of anilines is 2. The Hall–Kier alpha value is -1.95. The summed E-state index contributed by atoms with van der Waals surface area (Å²) in [6.07, 6.45) is 2.26. The largest absolute Gasteiger partial charge is 0.373 e. The molecule has 6 heteroatoms. The minimum atomic E-state index is -0.213. The Bertz CT molecular complexity index is 515. The van der Waals surface area contributed by atoms with Crippen molar-refractivity contribution in [3.8, 4) is 0 Å². The van der Waals surface area contributed by atoms with E-state index in [1.165, 1.54) is 17.1 Å². The van der Waals surface area contributed by atoms with Gasteiger partial charge in [0.25, 0.3) is 0 Å². The number of aromatic nitrogens is 2. The van der Waals surface area contributed by atoms with Crippen molar-refractivity contribution in [1.29, 1.82) is 0 Å². The quantitative estimate of drug-likeness (QED) is 0.843. The third-order valence-electron chi connectivity index (χ3n) is 2.70. The SMILES string of the molecule is O=C(Nc1cnns1)C1Cc2ccccc2N1. The first kappa shape index (κ1) is 10.2. The van der Waals surface area contributed by atoms with E-state index in [9.17, 15) is 4.79 Å². The van der Waals surface area contributed by atoms with Crippen LogP contribution in [0.2, 0.25) is 0 Å². The molecule has 0 saturated carbocycles. The molecule has 1 aliphatic rings. The van der Waals surface area contributed by atoms with Gasteiger partial charge < -0.3 is 10.6 Å². The number of carbonyl (C=O) groups is 1. The minimum Gasteiger partial charge on any atom is -0.373 e. The molecular formula is C11H10N4OS. The zero-order chi connectivity index (χ0) is 11.7. The molecule has 0 spiro atoms. The third-order valence-corrected chi connectivity index (χ3v) is 3.28. The summed E-state index contributed by atoms with van der Waals surface area (Å²) in [4.78, 5) is 12.0. The van der Waals surface area contributed by atoms with E-state index < -0.39 is 0 Å². The highest BCUT2D eigenvalue weighted by Crippen LogP contribution is 2.25. The second-order valence-electron chi connectivity index (χ2n) is 3.83. The molecule has 3 rings (SSSR count). The zero-order valence-electron chi connectivity index (χ0n) is 8.88. The van der Waals surface area contributed by atoms with E-state index in [4.69, 9.17) is 0 Å². The summed E-state index contributed by atoms with van der Waals surface area (Å²) >= 11 is 1.17. The molecule has 1 aliphatic heterocycles. The lowest BCUT2D eigenvalue weighted by atomic mass is 10.1. The molecule has 1 atom stereocenters. The van der Waals surface area contributed by atoms with E-state index in [0.717, 1.165) is 5.69 Å². The number of nitrogens with one attached hydrogen (secondary N) is 2. The van der Waals surface area contributed by atoms with Gasteiger partial charge in [0.1, 0.15) is 11.0 Å². The first-order valence-corrected chi connectivity index (χ1v) is 6.03. The van der Waals surface area contributed by atoms with Crippen LogP contribution in [0.4, 0.5) is 10.7 Å². The van der Waals surface area contributed by atoms with Crippen LogP contribution in [0.1, 0.15) is 5.56 Å². The van der Waals surface area contributed by atoms with Crippen molar-refractivity contribution in [3.05, 3.63) is 36.0 Å². The number of carbonyl (C=O) groups excluding carboxylic acids is 1. The van der Waals surface area contributed by atoms with Crippen LogP contribution in [0, 0.1) is 0 Å². The molecule has 0 saturated heterocycles. The topological polar surface area (TPSA) is 66.9 Å². The fourth-order valence-corrected chi connectivity index (χ4v) is 2.31. The summed E-state index contributed by atoms with van der Waals surface area (Å²) < 4.78 is 3.70. The second kappa shape index (κ2) is 4.14. The Morgan fingerprint density at radius 3 is 3.12 bits per heavy atom. The maximum absolute atomic E-state index is 12.0. The molecule has 2 heterocycles. The smallest absolute Gasteiger partial charge is 0.247 e. The highest BCUT2D eigenvalue weighted by Gasteiger charge is 2.26. The molecule has 0 bridgehead atoms. The van der Waals surface area contributed by atoms with E-state index in [-0.39, 0.29) is 11.9 Å². The Morgan fingerprint density at radius 1 is 1.47 bits per heavy atom. The fraction of sp³-hybridized carbons (Fsp3) is 0.182. The van der Waals surface area contributed by atoms with E-state index in [2.05, 4.69) is 20.2 Å². The molecule has 0 fully saturated rings. The normalized spacial score (nSPS) is 17.3. The van der Waals surface area contributed by atoms with Crippen molar-refractivity contribution in [2.45, 2.75) is 12.5 Å². The van der Waals surface area contributed by atoms with Gasteiger partial charge in [-0.2, -0.15) is 0 Å². The van der Waals surface area contributed by atoms with Crippen molar-refractivity contribution in [2.75, 3.05) is 10.6 Å². The summed E-state index contributed by atoms with van der Waals surface area (Å²) in [6, 6.07) is 7.74. The number of hydrogen-bond donors (Lipinski definition) is 2. The summed E-state index contributed by atoms with van der Waals surface area (Å²) in [5.74, 6) is -0.0488. The van der Waals surface area contributed by atoms with E-state index in [0.29, 0.717) is 11.4 Å². The Balaban J connectivity index is 1.70. The zero-order valence-corrected chi connectivity index (χ0v) is 9.70. The molecular weight excluding hydrogens is 236 g/mol. The van der Waals surface area contributed by atoms with Gasteiger partial charge in [0.2, 0.25) is 5.91 Å². The van der Waals surface area contributed by atoms with Crippen LogP contribution in [-0.2, 0) is 11.2 Å². The highest BCUT2D eigenvalue weighted by molar-refractivity contribution is 7.10. The number of nitrogens with zero attached hydrogens (tertiary/aromatic N) is 2. The summed E-state index contributed by atoms with van der Waals surface area (Å²) in [5, 5.41) is 10.3. The van der Waals surface area contributed by atoms with Crippen LogP contribution in [0.25, 0.3) is 0 Å². The molecule has 1 aromatic carbocycles. The average molecular weight is 246 g/mol. The van der Waals surface area contributed by atoms with Crippen molar-refractivity contribution in [2.24, 2.45) is 0 Å². The molecule has 0 aliphatic carbocycles. The minimum absolute atomic E-state index is 0.0488. The summed E-state index contributed by atoms with van der Waals surface area (Å²) in [5.41, 5.74) is 2.21. The van der Waals surface area contributed by atoms with Gasteiger partial charge in [-0.15, -0.1) is 5.10 Å². The van der Waals surface area contributed by atoms with Crippen LogP contribution >= 0.6 is 11.5 Å². The first-order chi connectivity index (χ1) is 8.33. The monoisotopic (exact) mass is 246 g/mol. The van der Waals surface area contributed by atoms with Crippen molar-refractivity contribution < 1.29 is 4.79 Å². The van der Waals surface area contributed by atoms with Crippen molar-refractivity contribution in [1.82, 2.24) is 9.59 Å². The number of amides is 1. The fourth-order valence-electron chi connectivity index (χ4n) is 1.89. The molecule has 1 aromatic heterocycles. The average Bonchev–Trinajstić information content (AvgIpc) is 2.96. The molecule has 1 unspecified atom stereocenters. The molecule has 1 amide bonds. The van der Waals surface area contributed by atoms with Gasteiger partial charge in [-0.05, 0) is 11.6 Å². The van der Waals surface area contributed by atoms with E-state index in [1.807, 2.05) is 24.3 Å². The Kier molecular flexibility index (Phi) is 2.49. The molecule has 2 N–H and O–H groups in total. The Morgan fingerprint density at radius 2 is 2.35 bits per heavy atom. The van der Waals surface area contributed by atoms with Crippen LogP contribution in [0.15, 0.2) is 30.5 Å². The number of hydrogen-bond acceptors (Lipinski definition) is 5. The van der Waals surface area contributed by atoms with Crippen LogP contribution < -0.4 is 10.6 Å². The van der Waals surface area contributed by atoms with Crippen LogP contribution in [-0.4, -0.2) is 21.5 Å². The summed E-state index contributed by atoms with van der Waals surface area (Å²) in [6.45, 7) is 0. The maximum Gasteiger partial charge on any atom is 0.247 e. The third kappa shape index (κ3) is 1.99. The van der Waals surface area contributed by atoms with Gasteiger partial charge in [0, 0.05) is 23.6 Å². The van der Waals surface area contributed by atoms with Crippen molar-refractivity contribution in [3.63, 3.8) is 0 Å². The molecule has 5 nitrogen and oxygen atoms in total.